The number of carboxylic acids is 1. The Balaban J connectivity index is 5.58. The summed E-state index contributed by atoms with van der Waals surface area (Å²) in [5.74, 6) is -1.78. The zero-order valence-electron chi connectivity index (χ0n) is 13.4. The number of hydrogen-bond acceptors (Lipinski definition) is 3. The summed E-state index contributed by atoms with van der Waals surface area (Å²) in [5, 5.41) is 9.42. The second kappa shape index (κ2) is 6.18. The normalized spacial score (nSPS) is 17.4. The van der Waals surface area contributed by atoms with Crippen molar-refractivity contribution < 1.29 is 19.1 Å². The van der Waals surface area contributed by atoms with E-state index in [0.717, 1.165) is 0 Å². The molecule has 0 aromatic carbocycles. The maximum Gasteiger partial charge on any atom is 0.342 e. The van der Waals surface area contributed by atoms with Gasteiger partial charge in [-0.2, -0.15) is 0 Å². The zero-order valence-corrected chi connectivity index (χ0v) is 14.6. The SMILES string of the molecule is CC(C)[C@H](C(=O)C(C)(O[SiH](C)C)C(=O)O)C(C)(C)C. The number of carbonyl (C=O) groups excluding carboxylic acids is 1. The Kier molecular flexibility index (Phi) is 5.96. The van der Waals surface area contributed by atoms with Crippen LogP contribution >= 0.6 is 0 Å². The third-order valence-corrected chi connectivity index (χ3v) is 4.17. The van der Waals surface area contributed by atoms with E-state index in [0.29, 0.717) is 0 Å². The van der Waals surface area contributed by atoms with Crippen molar-refractivity contribution in [2.45, 2.75) is 60.2 Å². The van der Waals surface area contributed by atoms with Crippen LogP contribution in [-0.2, 0) is 14.0 Å². The maximum absolute atomic E-state index is 12.7. The van der Waals surface area contributed by atoms with Gasteiger partial charge in [0.1, 0.15) is 0 Å². The van der Waals surface area contributed by atoms with Crippen molar-refractivity contribution in [3.63, 3.8) is 0 Å². The van der Waals surface area contributed by atoms with E-state index in [4.69, 9.17) is 4.43 Å². The van der Waals surface area contributed by atoms with Crippen LogP contribution < -0.4 is 0 Å². The fourth-order valence-electron chi connectivity index (χ4n) is 2.68. The van der Waals surface area contributed by atoms with Gasteiger partial charge in [0.15, 0.2) is 14.8 Å². The largest absolute Gasteiger partial charge is 0.479 e. The summed E-state index contributed by atoms with van der Waals surface area (Å²) < 4.78 is 5.58. The Labute approximate surface area is 118 Å². The van der Waals surface area contributed by atoms with E-state index in [1.807, 2.05) is 47.7 Å². The van der Waals surface area contributed by atoms with Gasteiger partial charge in [0.25, 0.3) is 0 Å². The van der Waals surface area contributed by atoms with Gasteiger partial charge in [-0.25, -0.2) is 4.79 Å². The molecule has 0 amide bonds. The molecule has 1 N–H and O–H groups in total. The van der Waals surface area contributed by atoms with E-state index in [1.165, 1.54) is 6.92 Å². The van der Waals surface area contributed by atoms with Crippen LogP contribution in [0.3, 0.4) is 0 Å². The molecule has 0 aliphatic heterocycles. The highest BCUT2D eigenvalue weighted by Crippen LogP contribution is 2.36. The molecular weight excluding hydrogens is 260 g/mol. The average Bonchev–Trinajstić information content (AvgIpc) is 2.12. The van der Waals surface area contributed by atoms with Gasteiger partial charge in [0.2, 0.25) is 5.60 Å². The summed E-state index contributed by atoms with van der Waals surface area (Å²) in [7, 11) is -1.64. The van der Waals surface area contributed by atoms with Crippen molar-refractivity contribution >= 4 is 20.8 Å². The van der Waals surface area contributed by atoms with Gasteiger partial charge in [-0.15, -0.1) is 0 Å². The lowest BCUT2D eigenvalue weighted by atomic mass is 9.68. The van der Waals surface area contributed by atoms with E-state index >= 15 is 0 Å². The summed E-state index contributed by atoms with van der Waals surface area (Å²) >= 11 is 0. The molecule has 0 fully saturated rings. The minimum atomic E-state index is -1.72. The number of rotatable bonds is 6. The molecule has 0 heterocycles. The highest BCUT2D eigenvalue weighted by atomic mass is 28.3. The van der Waals surface area contributed by atoms with Crippen LogP contribution in [0.1, 0.15) is 41.5 Å². The molecule has 0 saturated carbocycles. The molecule has 112 valence electrons. The van der Waals surface area contributed by atoms with Gasteiger partial charge in [-0.05, 0) is 31.4 Å². The lowest BCUT2D eigenvalue weighted by Crippen LogP contribution is -2.54. The predicted octanol–water partition coefficient (Wildman–Crippen LogP) is 2.72. The molecule has 0 bridgehead atoms. The van der Waals surface area contributed by atoms with Crippen LogP contribution in [0.4, 0.5) is 0 Å². The van der Waals surface area contributed by atoms with E-state index < -0.39 is 20.6 Å². The number of Topliss-reactive ketones (excluding diaryl/α,β-unsaturated/α-hetero) is 1. The van der Waals surface area contributed by atoms with Crippen LogP contribution in [0, 0.1) is 17.3 Å². The summed E-state index contributed by atoms with van der Waals surface area (Å²) in [6, 6.07) is 0. The highest BCUT2D eigenvalue weighted by molar-refractivity contribution is 6.49. The van der Waals surface area contributed by atoms with Gasteiger partial charge >= 0.3 is 5.97 Å². The van der Waals surface area contributed by atoms with Crippen molar-refractivity contribution in [1.82, 2.24) is 0 Å². The van der Waals surface area contributed by atoms with E-state index in [1.54, 1.807) is 0 Å². The summed E-state index contributed by atoms with van der Waals surface area (Å²) in [5.41, 5.74) is -2.01. The molecule has 0 spiro atoms. The Morgan fingerprint density at radius 2 is 1.53 bits per heavy atom. The Morgan fingerprint density at radius 3 is 1.74 bits per heavy atom. The van der Waals surface area contributed by atoms with Gasteiger partial charge in [0, 0.05) is 5.92 Å². The Bertz CT molecular complexity index is 344. The van der Waals surface area contributed by atoms with Gasteiger partial charge in [-0.1, -0.05) is 34.6 Å². The fourth-order valence-corrected chi connectivity index (χ4v) is 3.84. The zero-order chi connectivity index (χ0) is 15.6. The van der Waals surface area contributed by atoms with Crippen LogP contribution in [0.2, 0.25) is 13.1 Å². The number of carboxylic acid groups (broad SMARTS) is 1. The third-order valence-electron chi connectivity index (χ3n) is 3.23. The van der Waals surface area contributed by atoms with Gasteiger partial charge in [0.05, 0.1) is 0 Å². The first-order chi connectivity index (χ1) is 8.34. The third kappa shape index (κ3) is 4.42. The molecule has 4 nitrogen and oxygen atoms in total. The second-order valence-electron chi connectivity index (χ2n) is 6.96. The van der Waals surface area contributed by atoms with Crippen LogP contribution in [0.5, 0.6) is 0 Å². The fraction of sp³-hybridized carbons (Fsp3) is 0.857. The van der Waals surface area contributed by atoms with Gasteiger partial charge < -0.3 is 9.53 Å². The summed E-state index contributed by atoms with van der Waals surface area (Å²) in [4.78, 5) is 24.3. The minimum absolute atomic E-state index is 0.0728. The smallest absolute Gasteiger partial charge is 0.342 e. The van der Waals surface area contributed by atoms with Crippen molar-refractivity contribution in [3.8, 4) is 0 Å². The summed E-state index contributed by atoms with van der Waals surface area (Å²) in [6.45, 7) is 14.9. The Morgan fingerprint density at radius 1 is 1.11 bits per heavy atom. The molecular formula is C14H28O4Si. The van der Waals surface area contributed by atoms with Crippen molar-refractivity contribution in [1.29, 1.82) is 0 Å². The van der Waals surface area contributed by atoms with E-state index in [-0.39, 0.29) is 23.0 Å². The topological polar surface area (TPSA) is 63.6 Å². The first-order valence-electron chi connectivity index (χ1n) is 6.79. The molecule has 0 radical (unpaired) electrons. The number of ketones is 1. The first kappa shape index (κ1) is 18.3. The molecule has 1 unspecified atom stereocenters. The van der Waals surface area contributed by atoms with Crippen molar-refractivity contribution in [2.75, 3.05) is 0 Å². The predicted molar refractivity (Wildman–Crippen MR) is 78.8 cm³/mol. The van der Waals surface area contributed by atoms with Crippen molar-refractivity contribution in [2.24, 2.45) is 17.3 Å². The van der Waals surface area contributed by atoms with Crippen LogP contribution in [0.15, 0.2) is 0 Å². The lowest BCUT2D eigenvalue weighted by molar-refractivity contribution is -0.164. The lowest BCUT2D eigenvalue weighted by Gasteiger charge is -2.38. The number of aliphatic carboxylic acids is 1. The van der Waals surface area contributed by atoms with Gasteiger partial charge in [-0.3, -0.25) is 4.79 Å². The van der Waals surface area contributed by atoms with E-state index in [9.17, 15) is 14.7 Å². The monoisotopic (exact) mass is 288 g/mol. The number of carbonyl (C=O) groups is 2. The minimum Gasteiger partial charge on any atom is -0.479 e. The molecule has 0 aromatic heterocycles. The summed E-state index contributed by atoms with van der Waals surface area (Å²) in [6.07, 6.45) is 0. The molecule has 19 heavy (non-hydrogen) atoms. The quantitative estimate of drug-likeness (QED) is 0.603. The average molecular weight is 288 g/mol. The standard InChI is InChI=1S/C14H28O4Si/c1-9(2)10(13(3,4)5)11(15)14(6,12(16)17)18-19(7)8/h9-10,19H,1-8H3,(H,16,17)/t10-,14?/m1/s1. The molecule has 2 atom stereocenters. The Hall–Kier alpha value is -0.683. The molecule has 0 aliphatic carbocycles. The highest BCUT2D eigenvalue weighted by Gasteiger charge is 2.49. The molecule has 5 heteroatoms. The second-order valence-corrected chi connectivity index (χ2v) is 9.29. The molecule has 0 aromatic rings. The van der Waals surface area contributed by atoms with E-state index in [2.05, 4.69) is 0 Å². The molecule has 0 aliphatic rings. The molecule has 0 saturated heterocycles. The van der Waals surface area contributed by atoms with Crippen LogP contribution in [-0.4, -0.2) is 31.5 Å². The molecule has 0 rings (SSSR count). The maximum atomic E-state index is 12.7. The van der Waals surface area contributed by atoms with Crippen LogP contribution in [0.25, 0.3) is 0 Å². The van der Waals surface area contributed by atoms with Crippen molar-refractivity contribution in [3.05, 3.63) is 0 Å². The number of hydrogen-bond donors (Lipinski definition) is 1. The first-order valence-corrected chi connectivity index (χ1v) is 9.57.